The lowest BCUT2D eigenvalue weighted by atomic mass is 10.3. The van der Waals surface area contributed by atoms with Crippen molar-refractivity contribution < 1.29 is 0 Å². The van der Waals surface area contributed by atoms with Gasteiger partial charge in [-0.2, -0.15) is 5.26 Å². The van der Waals surface area contributed by atoms with Crippen molar-refractivity contribution in [2.75, 3.05) is 5.32 Å². The largest absolute Gasteiger partial charge is 0.357 e. The molecule has 1 heterocycles. The summed E-state index contributed by atoms with van der Waals surface area (Å²) in [6.07, 6.45) is 0. The quantitative estimate of drug-likeness (QED) is 0.689. The third-order valence-corrected chi connectivity index (χ3v) is 4.69. The highest BCUT2D eigenvalue weighted by atomic mass is 35.5. The highest BCUT2D eigenvalue weighted by molar-refractivity contribution is 8.03. The minimum Gasteiger partial charge on any atom is -0.357 e. The molecular formula is C10H5Cl3N2S. The first-order valence-electron chi connectivity index (χ1n) is 4.28. The fourth-order valence-electron chi connectivity index (χ4n) is 1.32. The van der Waals surface area contributed by atoms with E-state index >= 15 is 0 Å². The highest BCUT2D eigenvalue weighted by Gasteiger charge is 2.21. The van der Waals surface area contributed by atoms with Gasteiger partial charge < -0.3 is 5.32 Å². The maximum Gasteiger partial charge on any atom is 0.109 e. The first-order chi connectivity index (χ1) is 7.54. The van der Waals surface area contributed by atoms with E-state index in [4.69, 9.17) is 40.1 Å². The average molecular weight is 292 g/mol. The van der Waals surface area contributed by atoms with E-state index in [-0.39, 0.29) is 0 Å². The third-order valence-electron chi connectivity index (χ3n) is 2.09. The van der Waals surface area contributed by atoms with Crippen LogP contribution in [0.15, 0.2) is 21.6 Å². The molecule has 0 saturated carbocycles. The summed E-state index contributed by atoms with van der Waals surface area (Å²) in [6.45, 7) is 1.82. The fraction of sp³-hybridized carbons (Fsp3) is 0.100. The number of hydrogen-bond donors (Lipinski definition) is 1. The van der Waals surface area contributed by atoms with Crippen LogP contribution in [-0.2, 0) is 0 Å². The van der Waals surface area contributed by atoms with Crippen LogP contribution >= 0.6 is 46.6 Å². The van der Waals surface area contributed by atoms with Crippen molar-refractivity contribution >= 4 is 52.3 Å². The van der Waals surface area contributed by atoms with Crippen molar-refractivity contribution in [2.24, 2.45) is 0 Å². The summed E-state index contributed by atoms with van der Waals surface area (Å²) in [5, 5.41) is 13.1. The van der Waals surface area contributed by atoms with Crippen LogP contribution in [0.1, 0.15) is 6.92 Å². The van der Waals surface area contributed by atoms with Gasteiger partial charge >= 0.3 is 0 Å². The molecule has 0 amide bonds. The number of rotatable bonds is 0. The van der Waals surface area contributed by atoms with Gasteiger partial charge in [0.25, 0.3) is 0 Å². The number of nitrogens with one attached hydrogen (secondary N) is 1. The maximum absolute atomic E-state index is 8.93. The molecule has 1 aliphatic heterocycles. The van der Waals surface area contributed by atoms with Gasteiger partial charge in [0.15, 0.2) is 0 Å². The van der Waals surface area contributed by atoms with Gasteiger partial charge in [0.1, 0.15) is 11.0 Å². The normalized spacial score (nSPS) is 14.2. The lowest BCUT2D eigenvalue weighted by Gasteiger charge is -2.20. The van der Waals surface area contributed by atoms with Gasteiger partial charge in [-0.1, -0.05) is 46.6 Å². The highest BCUT2D eigenvalue weighted by Crippen LogP contribution is 2.48. The van der Waals surface area contributed by atoms with E-state index in [0.29, 0.717) is 20.0 Å². The number of thioether (sulfide) groups is 1. The maximum atomic E-state index is 8.93. The minimum absolute atomic E-state index is 0.313. The summed E-state index contributed by atoms with van der Waals surface area (Å²) in [5.74, 6) is 0. The summed E-state index contributed by atoms with van der Waals surface area (Å²) >= 11 is 19.2. The number of nitriles is 1. The van der Waals surface area contributed by atoms with E-state index in [0.717, 1.165) is 16.3 Å². The Morgan fingerprint density at radius 1 is 1.31 bits per heavy atom. The summed E-state index contributed by atoms with van der Waals surface area (Å²) in [7, 11) is 0. The predicted molar refractivity (Wildman–Crippen MR) is 69.3 cm³/mol. The number of anilines is 1. The average Bonchev–Trinajstić information content (AvgIpc) is 2.26. The van der Waals surface area contributed by atoms with Crippen molar-refractivity contribution in [1.29, 1.82) is 5.26 Å². The number of fused-ring (bicyclic) bond motifs is 1. The molecule has 0 fully saturated rings. The standard InChI is InChI=1S/C10H5Cl3N2S/c1-4-7(3-14)16-10-6(15-4)2-5(11)8(12)9(10)13/h2,15H,1H3. The zero-order valence-corrected chi connectivity index (χ0v) is 11.2. The second-order valence-electron chi connectivity index (χ2n) is 3.16. The lowest BCUT2D eigenvalue weighted by molar-refractivity contribution is 1.29. The Balaban J connectivity index is 2.60. The Morgan fingerprint density at radius 3 is 2.62 bits per heavy atom. The SMILES string of the molecule is CC1=C(C#N)Sc2c(cc(Cl)c(Cl)c2Cl)N1. The fourth-order valence-corrected chi connectivity index (χ4v) is 2.96. The molecule has 82 valence electrons. The first-order valence-corrected chi connectivity index (χ1v) is 6.23. The molecule has 6 heteroatoms. The van der Waals surface area contributed by atoms with Gasteiger partial charge in [-0.15, -0.1) is 0 Å². The van der Waals surface area contributed by atoms with Crippen molar-refractivity contribution in [2.45, 2.75) is 11.8 Å². The molecule has 2 rings (SSSR count). The molecule has 16 heavy (non-hydrogen) atoms. The molecule has 0 aromatic heterocycles. The van der Waals surface area contributed by atoms with Gasteiger partial charge in [-0.3, -0.25) is 0 Å². The van der Waals surface area contributed by atoms with Crippen LogP contribution in [0.25, 0.3) is 0 Å². The van der Waals surface area contributed by atoms with E-state index < -0.39 is 0 Å². The lowest BCUT2D eigenvalue weighted by Crippen LogP contribution is -2.05. The minimum atomic E-state index is 0.313. The van der Waals surface area contributed by atoms with E-state index in [1.165, 1.54) is 11.8 Å². The smallest absolute Gasteiger partial charge is 0.109 e. The molecule has 0 spiro atoms. The van der Waals surface area contributed by atoms with E-state index in [9.17, 15) is 0 Å². The van der Waals surface area contributed by atoms with Crippen LogP contribution in [-0.4, -0.2) is 0 Å². The molecule has 1 aromatic carbocycles. The summed E-state index contributed by atoms with van der Waals surface area (Å²) < 4.78 is 0. The van der Waals surface area contributed by atoms with E-state index in [1.807, 2.05) is 6.92 Å². The molecule has 0 bridgehead atoms. The Hall–Kier alpha value is -0.530. The number of nitrogens with zero attached hydrogens (tertiary/aromatic N) is 1. The van der Waals surface area contributed by atoms with Crippen LogP contribution in [0.2, 0.25) is 15.1 Å². The molecule has 0 saturated heterocycles. The van der Waals surface area contributed by atoms with E-state index in [2.05, 4.69) is 11.4 Å². The molecule has 1 aliphatic rings. The molecule has 1 N–H and O–H groups in total. The predicted octanol–water partition coefficient (Wildman–Crippen LogP) is 4.92. The molecule has 0 unspecified atom stereocenters. The van der Waals surface area contributed by atoms with Crippen molar-refractivity contribution in [3.05, 3.63) is 31.7 Å². The van der Waals surface area contributed by atoms with Crippen LogP contribution in [0.4, 0.5) is 5.69 Å². The van der Waals surface area contributed by atoms with Gasteiger partial charge in [0, 0.05) is 5.70 Å². The number of allylic oxidation sites excluding steroid dienone is 2. The number of halogens is 3. The number of hydrogen-bond acceptors (Lipinski definition) is 3. The zero-order chi connectivity index (χ0) is 11.9. The summed E-state index contributed by atoms with van der Waals surface area (Å²) in [5.41, 5.74) is 1.57. The van der Waals surface area contributed by atoms with Gasteiger partial charge in [0.2, 0.25) is 0 Å². The third kappa shape index (κ3) is 1.87. The Kier molecular flexibility index (Phi) is 3.27. The Bertz CT molecular complexity index is 546. The van der Waals surface area contributed by atoms with Crippen molar-refractivity contribution in [3.63, 3.8) is 0 Å². The Morgan fingerprint density at radius 2 is 2.00 bits per heavy atom. The summed E-state index contributed by atoms with van der Waals surface area (Å²) in [6, 6.07) is 3.81. The van der Waals surface area contributed by atoms with Crippen LogP contribution in [0.3, 0.4) is 0 Å². The number of benzene rings is 1. The van der Waals surface area contributed by atoms with Gasteiger partial charge in [-0.25, -0.2) is 0 Å². The van der Waals surface area contributed by atoms with Gasteiger partial charge in [-0.05, 0) is 13.0 Å². The van der Waals surface area contributed by atoms with Crippen molar-refractivity contribution in [1.82, 2.24) is 0 Å². The second-order valence-corrected chi connectivity index (χ2v) is 5.34. The topological polar surface area (TPSA) is 35.8 Å². The van der Waals surface area contributed by atoms with Gasteiger partial charge in [0.05, 0.1) is 25.7 Å². The second kappa shape index (κ2) is 4.38. The molecule has 1 aromatic rings. The monoisotopic (exact) mass is 290 g/mol. The van der Waals surface area contributed by atoms with Crippen LogP contribution < -0.4 is 5.32 Å². The first kappa shape index (κ1) is 11.9. The molecule has 0 aliphatic carbocycles. The molecule has 2 nitrogen and oxygen atoms in total. The molecule has 0 atom stereocenters. The van der Waals surface area contributed by atoms with Crippen LogP contribution in [0.5, 0.6) is 0 Å². The molecular weight excluding hydrogens is 287 g/mol. The summed E-state index contributed by atoms with van der Waals surface area (Å²) in [4.78, 5) is 1.31. The Labute approximate surface area is 112 Å². The van der Waals surface area contributed by atoms with Crippen LogP contribution in [0, 0.1) is 11.3 Å². The molecule has 0 radical (unpaired) electrons. The van der Waals surface area contributed by atoms with Crippen molar-refractivity contribution in [3.8, 4) is 6.07 Å². The zero-order valence-electron chi connectivity index (χ0n) is 8.07. The van der Waals surface area contributed by atoms with E-state index in [1.54, 1.807) is 6.07 Å².